The summed E-state index contributed by atoms with van der Waals surface area (Å²) in [4.78, 5) is 21.5. The quantitative estimate of drug-likeness (QED) is 0.109. The number of aliphatic hydroxyl groups excluding tert-OH is 1. The van der Waals surface area contributed by atoms with E-state index in [1.165, 1.54) is 0 Å². The van der Waals surface area contributed by atoms with Crippen molar-refractivity contribution < 1.29 is 19.4 Å². The summed E-state index contributed by atoms with van der Waals surface area (Å²) in [5, 5.41) is 9.06. The predicted molar refractivity (Wildman–Crippen MR) is 184 cm³/mol. The van der Waals surface area contributed by atoms with E-state index in [0.29, 0.717) is 37.6 Å². The highest BCUT2D eigenvalue weighted by Crippen LogP contribution is 2.43. The summed E-state index contributed by atoms with van der Waals surface area (Å²) < 4.78 is 14.2. The fourth-order valence-corrected chi connectivity index (χ4v) is 5.61. The van der Waals surface area contributed by atoms with Gasteiger partial charge in [-0.05, 0) is 77.4 Å². The van der Waals surface area contributed by atoms with Gasteiger partial charge in [0.15, 0.2) is 11.6 Å². The summed E-state index contributed by atoms with van der Waals surface area (Å²) in [6.45, 7) is 0.925. The first-order chi connectivity index (χ1) is 21.8. The Hall–Kier alpha value is -3.70. The molecule has 0 spiro atoms. The number of carbonyl (C=O) groups excluding carboxylic acids is 1. The lowest BCUT2D eigenvalue weighted by Crippen LogP contribution is -2.53. The molecule has 5 rings (SSSR count). The number of nitrogens with zero attached hydrogens (tertiary/aromatic N) is 2. The van der Waals surface area contributed by atoms with Crippen LogP contribution in [0.2, 0.25) is 0 Å². The molecule has 8 nitrogen and oxygen atoms in total. The molecule has 1 heterocycles. The van der Waals surface area contributed by atoms with Crippen LogP contribution in [0, 0.1) is 0 Å². The van der Waals surface area contributed by atoms with Gasteiger partial charge in [0, 0.05) is 60.3 Å². The smallest absolute Gasteiger partial charge is 0.266 e. The summed E-state index contributed by atoms with van der Waals surface area (Å²) in [6, 6.07) is 31.2. The third-order valence-corrected chi connectivity index (χ3v) is 8.59. The first-order valence-corrected chi connectivity index (χ1v) is 16.3. The van der Waals surface area contributed by atoms with Gasteiger partial charge in [0.05, 0.1) is 6.61 Å². The van der Waals surface area contributed by atoms with E-state index < -0.39 is 11.6 Å². The molecule has 1 aliphatic heterocycles. The van der Waals surface area contributed by atoms with Crippen molar-refractivity contribution in [2.24, 2.45) is 4.99 Å². The number of anilines is 1. The molecule has 10 heteroatoms. The highest BCUT2D eigenvalue weighted by Gasteiger charge is 2.53. The number of aliphatic hydroxyl groups is 1. The fraction of sp³-hybridized carbons (Fsp3) is 0.257. The zero-order valence-corrected chi connectivity index (χ0v) is 28.3. The summed E-state index contributed by atoms with van der Waals surface area (Å²) in [5.74, 6) is 0.746. The summed E-state index contributed by atoms with van der Waals surface area (Å²) in [7, 11) is 4.00. The molecule has 0 aromatic heterocycles. The molecule has 0 radical (unpaired) electrons. The minimum atomic E-state index is -1.32. The van der Waals surface area contributed by atoms with Gasteiger partial charge in [-0.1, -0.05) is 68.3 Å². The maximum absolute atomic E-state index is 14.4. The standard InChI is InChI=1S/C35H36Br2N4O4/c1-41(2)30-16-6-25(7-17-30)23-38-40-34(43)35(22-24-4-12-28(36)13-5-24)32(26-8-14-29(37)15-9-26)45-33(39-35)27-10-18-31(19-11-27)44-21-3-20-42/h4-19,32,38,42H,3,20-23H2,1-2H3,(H,40,43)/t32-,35-/m0/s1. The van der Waals surface area contributed by atoms with Gasteiger partial charge in [-0.2, -0.15) is 0 Å². The number of ether oxygens (including phenoxy) is 2. The van der Waals surface area contributed by atoms with Crippen molar-refractivity contribution >= 4 is 49.4 Å². The Bertz CT molecular complexity index is 1600. The van der Waals surface area contributed by atoms with Crippen LogP contribution in [0.15, 0.2) is 111 Å². The van der Waals surface area contributed by atoms with E-state index in [-0.39, 0.29) is 12.5 Å². The number of hydrogen-bond acceptors (Lipinski definition) is 7. The molecule has 0 bridgehead atoms. The Morgan fingerprint density at radius 2 is 1.53 bits per heavy atom. The van der Waals surface area contributed by atoms with Crippen molar-refractivity contribution in [1.29, 1.82) is 0 Å². The van der Waals surface area contributed by atoms with Crippen molar-refractivity contribution in [1.82, 2.24) is 10.9 Å². The number of hydrazine groups is 1. The van der Waals surface area contributed by atoms with Crippen LogP contribution < -0.4 is 20.5 Å². The number of hydrogen-bond donors (Lipinski definition) is 3. The van der Waals surface area contributed by atoms with E-state index in [1.54, 1.807) is 0 Å². The van der Waals surface area contributed by atoms with Gasteiger partial charge < -0.3 is 19.5 Å². The van der Waals surface area contributed by atoms with Crippen LogP contribution in [0.1, 0.15) is 34.8 Å². The molecule has 0 saturated carbocycles. The third-order valence-electron chi connectivity index (χ3n) is 7.54. The molecule has 2 atom stereocenters. The van der Waals surface area contributed by atoms with E-state index in [4.69, 9.17) is 19.6 Å². The number of aliphatic imine (C=N–C) groups is 1. The van der Waals surface area contributed by atoms with E-state index in [0.717, 1.165) is 36.9 Å². The van der Waals surface area contributed by atoms with Gasteiger partial charge in [0.1, 0.15) is 5.75 Å². The van der Waals surface area contributed by atoms with Gasteiger partial charge in [-0.15, -0.1) is 0 Å². The largest absolute Gasteiger partial charge is 0.494 e. The summed E-state index contributed by atoms with van der Waals surface area (Å²) in [5.41, 5.74) is 9.38. The van der Waals surface area contributed by atoms with E-state index in [1.807, 2.05) is 116 Å². The Morgan fingerprint density at radius 1 is 0.911 bits per heavy atom. The lowest BCUT2D eigenvalue weighted by atomic mass is 9.82. The van der Waals surface area contributed by atoms with Gasteiger partial charge >= 0.3 is 0 Å². The molecular formula is C35H36Br2N4O4. The number of nitrogens with one attached hydrogen (secondary N) is 2. The zero-order chi connectivity index (χ0) is 31.8. The Labute approximate surface area is 280 Å². The first-order valence-electron chi connectivity index (χ1n) is 14.7. The molecule has 234 valence electrons. The maximum atomic E-state index is 14.4. The number of carbonyl (C=O) groups is 1. The zero-order valence-electron chi connectivity index (χ0n) is 25.2. The fourth-order valence-electron chi connectivity index (χ4n) is 5.08. The predicted octanol–water partition coefficient (Wildman–Crippen LogP) is 6.36. The SMILES string of the molecule is CN(C)c1ccc(CNNC(=O)[C@@]2(Cc3ccc(Br)cc3)N=C(c3ccc(OCCCO)cc3)O[C@H]2c2ccc(Br)cc2)cc1. The van der Waals surface area contributed by atoms with Crippen LogP contribution in [-0.4, -0.2) is 49.8 Å². The molecule has 0 aliphatic carbocycles. The topological polar surface area (TPSA) is 95.4 Å². The monoisotopic (exact) mass is 734 g/mol. The molecular weight excluding hydrogens is 700 g/mol. The second kappa shape index (κ2) is 15.1. The molecule has 0 saturated heterocycles. The number of amides is 1. The molecule has 4 aromatic carbocycles. The number of benzene rings is 4. The van der Waals surface area contributed by atoms with Crippen LogP contribution in [0.5, 0.6) is 5.75 Å². The van der Waals surface area contributed by atoms with Crippen LogP contribution in [0.25, 0.3) is 0 Å². The Morgan fingerprint density at radius 3 is 2.16 bits per heavy atom. The minimum absolute atomic E-state index is 0.0697. The van der Waals surface area contributed by atoms with Crippen LogP contribution in [-0.2, 0) is 22.5 Å². The Balaban J connectivity index is 1.48. The summed E-state index contributed by atoms with van der Waals surface area (Å²) >= 11 is 7.05. The second-order valence-corrected chi connectivity index (χ2v) is 12.8. The Kier molecular flexibility index (Phi) is 10.9. The van der Waals surface area contributed by atoms with Gasteiger partial charge in [0.25, 0.3) is 5.91 Å². The second-order valence-electron chi connectivity index (χ2n) is 11.0. The molecule has 1 aliphatic rings. The highest BCUT2D eigenvalue weighted by molar-refractivity contribution is 9.10. The molecule has 45 heavy (non-hydrogen) atoms. The third kappa shape index (κ3) is 8.12. The van der Waals surface area contributed by atoms with Crippen molar-refractivity contribution in [3.63, 3.8) is 0 Å². The normalized spacial score (nSPS) is 17.4. The lowest BCUT2D eigenvalue weighted by molar-refractivity contribution is -0.130. The maximum Gasteiger partial charge on any atom is 0.266 e. The highest BCUT2D eigenvalue weighted by atomic mass is 79.9. The van der Waals surface area contributed by atoms with Crippen molar-refractivity contribution in [2.45, 2.75) is 31.0 Å². The molecule has 4 aromatic rings. The van der Waals surface area contributed by atoms with Gasteiger partial charge in [-0.3, -0.25) is 10.2 Å². The molecule has 1 amide bonds. The molecule has 0 fully saturated rings. The van der Waals surface area contributed by atoms with E-state index >= 15 is 0 Å². The first kappa shape index (κ1) is 32.7. The van der Waals surface area contributed by atoms with Gasteiger partial charge in [-0.25, -0.2) is 10.4 Å². The van der Waals surface area contributed by atoms with Crippen LogP contribution in [0.3, 0.4) is 0 Å². The summed E-state index contributed by atoms with van der Waals surface area (Å²) in [6.07, 6.45) is 0.152. The van der Waals surface area contributed by atoms with E-state index in [9.17, 15) is 4.79 Å². The minimum Gasteiger partial charge on any atom is -0.494 e. The van der Waals surface area contributed by atoms with Crippen LogP contribution >= 0.6 is 31.9 Å². The average molecular weight is 737 g/mol. The molecule has 0 unspecified atom stereocenters. The average Bonchev–Trinajstić information content (AvgIpc) is 3.43. The van der Waals surface area contributed by atoms with Crippen molar-refractivity contribution in [3.8, 4) is 5.75 Å². The van der Waals surface area contributed by atoms with Crippen molar-refractivity contribution in [3.05, 3.63) is 128 Å². The lowest BCUT2D eigenvalue weighted by Gasteiger charge is -2.31. The van der Waals surface area contributed by atoms with Crippen molar-refractivity contribution in [2.75, 3.05) is 32.2 Å². The van der Waals surface area contributed by atoms with Crippen LogP contribution in [0.4, 0.5) is 5.69 Å². The molecule has 3 N–H and O–H groups in total. The van der Waals surface area contributed by atoms with E-state index in [2.05, 4.69) is 42.7 Å². The number of rotatable bonds is 13. The van der Waals surface area contributed by atoms with Gasteiger partial charge in [0.2, 0.25) is 5.90 Å². The number of halogens is 2.